The Labute approximate surface area is 134 Å². The number of rotatable bonds is 7. The molecule has 0 aliphatic carbocycles. The van der Waals surface area contributed by atoms with Gasteiger partial charge in [-0.2, -0.15) is 0 Å². The van der Waals surface area contributed by atoms with E-state index in [0.717, 1.165) is 14.2 Å². The lowest BCUT2D eigenvalue weighted by Gasteiger charge is -2.11. The lowest BCUT2D eigenvalue weighted by molar-refractivity contribution is -0.142. The highest BCUT2D eigenvalue weighted by Gasteiger charge is 2.24. The van der Waals surface area contributed by atoms with Crippen LogP contribution in [0.25, 0.3) is 0 Å². The Kier molecular flexibility index (Phi) is 6.51. The summed E-state index contributed by atoms with van der Waals surface area (Å²) in [6, 6.07) is 2.42. The van der Waals surface area contributed by atoms with Crippen LogP contribution in [-0.4, -0.2) is 58.5 Å². The van der Waals surface area contributed by atoms with Crippen LogP contribution in [-0.2, 0) is 19.1 Å². The van der Waals surface area contributed by atoms with Gasteiger partial charge >= 0.3 is 23.9 Å². The highest BCUT2D eigenvalue weighted by Crippen LogP contribution is 2.27. The Bertz CT molecular complexity index is 611. The van der Waals surface area contributed by atoms with Crippen molar-refractivity contribution in [1.29, 1.82) is 0 Å². The smallest absolute Gasteiger partial charge is 0.356 e. The number of hydrogen-bond acceptors (Lipinski definition) is 8. The van der Waals surface area contributed by atoms with Crippen molar-refractivity contribution in [2.45, 2.75) is 16.6 Å². The summed E-state index contributed by atoms with van der Waals surface area (Å²) in [6.45, 7) is 0. The number of carboxylic acids is 2. The van der Waals surface area contributed by atoms with Gasteiger partial charge in [0.25, 0.3) is 0 Å². The predicted octanol–water partition coefficient (Wildman–Crippen LogP) is 0.675. The van der Waals surface area contributed by atoms with Gasteiger partial charge in [0.15, 0.2) is 0 Å². The molecule has 1 atom stereocenters. The van der Waals surface area contributed by atoms with Crippen molar-refractivity contribution in [2.24, 2.45) is 0 Å². The van der Waals surface area contributed by atoms with Crippen LogP contribution in [0.15, 0.2) is 17.0 Å². The van der Waals surface area contributed by atoms with Crippen LogP contribution in [0, 0.1) is 0 Å². The molecule has 0 aliphatic rings. The third-order valence-electron chi connectivity index (χ3n) is 2.50. The zero-order valence-electron chi connectivity index (χ0n) is 12.1. The van der Waals surface area contributed by atoms with E-state index in [1.54, 1.807) is 0 Å². The Hall–Kier alpha value is -2.62. The largest absolute Gasteiger partial charge is 0.481 e. The van der Waals surface area contributed by atoms with Crippen LogP contribution < -0.4 is 0 Å². The standard InChI is InChI=1S/C13H13NO8S/c1-21-12(19)7-3-6(4-8(14-7)13(20)22-2)23-9(11(17)18)5-10(15)16/h3-4,9H,5H2,1-2H3,(H,15,16)(H,17,18). The first-order chi connectivity index (χ1) is 10.8. The van der Waals surface area contributed by atoms with E-state index in [0.29, 0.717) is 11.8 Å². The fraction of sp³-hybridized carbons (Fsp3) is 0.308. The monoisotopic (exact) mass is 343 g/mol. The molecule has 10 heteroatoms. The predicted molar refractivity (Wildman–Crippen MR) is 76.4 cm³/mol. The molecule has 1 aromatic heterocycles. The maximum absolute atomic E-state index is 11.6. The van der Waals surface area contributed by atoms with Crippen molar-refractivity contribution in [2.75, 3.05) is 14.2 Å². The number of pyridine rings is 1. The van der Waals surface area contributed by atoms with Gasteiger partial charge in [-0.1, -0.05) is 0 Å². The Morgan fingerprint density at radius 2 is 1.57 bits per heavy atom. The van der Waals surface area contributed by atoms with Gasteiger partial charge in [-0.25, -0.2) is 14.6 Å². The maximum atomic E-state index is 11.6. The molecule has 0 spiro atoms. The summed E-state index contributed by atoms with van der Waals surface area (Å²) in [5, 5.41) is 16.5. The minimum Gasteiger partial charge on any atom is -0.481 e. The molecule has 0 aliphatic heterocycles. The number of aromatic nitrogens is 1. The van der Waals surface area contributed by atoms with Crippen LogP contribution in [0.4, 0.5) is 0 Å². The summed E-state index contributed by atoms with van der Waals surface area (Å²) < 4.78 is 9.01. The van der Waals surface area contributed by atoms with Gasteiger partial charge < -0.3 is 19.7 Å². The fourth-order valence-electron chi connectivity index (χ4n) is 1.49. The fourth-order valence-corrected chi connectivity index (χ4v) is 2.51. The lowest BCUT2D eigenvalue weighted by Crippen LogP contribution is -2.20. The summed E-state index contributed by atoms with van der Waals surface area (Å²) >= 11 is 0.673. The van der Waals surface area contributed by atoms with Gasteiger partial charge in [0, 0.05) is 4.90 Å². The summed E-state index contributed by atoms with van der Waals surface area (Å²) in [5.74, 6) is -4.29. The van der Waals surface area contributed by atoms with Crippen LogP contribution >= 0.6 is 11.8 Å². The quantitative estimate of drug-likeness (QED) is 0.536. The van der Waals surface area contributed by atoms with Gasteiger partial charge in [0.2, 0.25) is 0 Å². The molecule has 1 rings (SSSR count). The third kappa shape index (κ3) is 5.25. The molecule has 1 aromatic rings. The van der Waals surface area contributed by atoms with Crippen molar-refractivity contribution in [3.05, 3.63) is 23.5 Å². The van der Waals surface area contributed by atoms with Gasteiger partial charge in [0.1, 0.15) is 16.6 Å². The number of aliphatic carboxylic acids is 2. The van der Waals surface area contributed by atoms with Crippen LogP contribution in [0.1, 0.15) is 27.4 Å². The molecule has 124 valence electrons. The van der Waals surface area contributed by atoms with E-state index in [1.165, 1.54) is 12.1 Å². The molecule has 9 nitrogen and oxygen atoms in total. The van der Waals surface area contributed by atoms with Crippen molar-refractivity contribution >= 4 is 35.6 Å². The second kappa shape index (κ2) is 8.13. The molecular formula is C13H13NO8S. The summed E-state index contributed by atoms with van der Waals surface area (Å²) in [7, 11) is 2.23. The van der Waals surface area contributed by atoms with Crippen LogP contribution in [0.2, 0.25) is 0 Å². The molecular weight excluding hydrogens is 330 g/mol. The molecule has 2 N–H and O–H groups in total. The summed E-state index contributed by atoms with van der Waals surface area (Å²) in [4.78, 5) is 48.9. The van der Waals surface area contributed by atoms with Gasteiger partial charge in [-0.3, -0.25) is 9.59 Å². The van der Waals surface area contributed by atoms with E-state index in [-0.39, 0.29) is 16.3 Å². The number of hydrogen-bond donors (Lipinski definition) is 2. The number of carboxylic acid groups (broad SMARTS) is 2. The van der Waals surface area contributed by atoms with Gasteiger partial charge in [-0.05, 0) is 12.1 Å². The van der Waals surface area contributed by atoms with Gasteiger partial charge in [-0.15, -0.1) is 11.8 Å². The van der Waals surface area contributed by atoms with E-state index in [1.807, 2.05) is 0 Å². The molecule has 0 radical (unpaired) electrons. The van der Waals surface area contributed by atoms with E-state index in [9.17, 15) is 19.2 Å². The zero-order chi connectivity index (χ0) is 17.6. The Balaban J connectivity index is 3.22. The third-order valence-corrected chi connectivity index (χ3v) is 3.66. The first-order valence-corrected chi connectivity index (χ1v) is 6.96. The molecule has 1 heterocycles. The highest BCUT2D eigenvalue weighted by atomic mass is 32.2. The van der Waals surface area contributed by atoms with E-state index < -0.39 is 35.5 Å². The Morgan fingerprint density at radius 3 is 1.91 bits per heavy atom. The van der Waals surface area contributed by atoms with Crippen molar-refractivity contribution in [3.8, 4) is 0 Å². The second-order valence-electron chi connectivity index (χ2n) is 4.10. The van der Waals surface area contributed by atoms with Crippen LogP contribution in [0.3, 0.4) is 0 Å². The molecule has 0 saturated heterocycles. The molecule has 0 fully saturated rings. The van der Waals surface area contributed by atoms with E-state index in [2.05, 4.69) is 14.5 Å². The topological polar surface area (TPSA) is 140 Å². The van der Waals surface area contributed by atoms with Gasteiger partial charge in [0.05, 0.1) is 20.6 Å². The summed E-state index contributed by atoms with van der Waals surface area (Å²) in [5.41, 5.74) is -0.449. The minimum absolute atomic E-state index is 0.175. The number of nitrogens with zero attached hydrogens (tertiary/aromatic N) is 1. The summed E-state index contributed by atoms with van der Waals surface area (Å²) in [6.07, 6.45) is -0.635. The highest BCUT2D eigenvalue weighted by molar-refractivity contribution is 8.00. The van der Waals surface area contributed by atoms with E-state index >= 15 is 0 Å². The zero-order valence-corrected chi connectivity index (χ0v) is 13.0. The number of carbonyl (C=O) groups excluding carboxylic acids is 2. The maximum Gasteiger partial charge on any atom is 0.356 e. The average Bonchev–Trinajstić information content (AvgIpc) is 2.51. The molecule has 23 heavy (non-hydrogen) atoms. The number of thioether (sulfide) groups is 1. The normalized spacial score (nSPS) is 11.4. The molecule has 0 bridgehead atoms. The first kappa shape index (κ1) is 18.4. The Morgan fingerprint density at radius 1 is 1.09 bits per heavy atom. The van der Waals surface area contributed by atoms with Crippen molar-refractivity contribution in [1.82, 2.24) is 4.98 Å². The first-order valence-electron chi connectivity index (χ1n) is 6.08. The lowest BCUT2D eigenvalue weighted by atomic mass is 10.3. The van der Waals surface area contributed by atoms with Crippen molar-refractivity contribution in [3.63, 3.8) is 0 Å². The van der Waals surface area contributed by atoms with Crippen LogP contribution in [0.5, 0.6) is 0 Å². The number of methoxy groups -OCH3 is 2. The molecule has 0 saturated carbocycles. The average molecular weight is 343 g/mol. The van der Waals surface area contributed by atoms with E-state index in [4.69, 9.17) is 10.2 Å². The minimum atomic E-state index is -1.34. The number of esters is 2. The SMILES string of the molecule is COC(=O)c1cc(SC(CC(=O)O)C(=O)O)cc(C(=O)OC)n1. The molecule has 0 amide bonds. The second-order valence-corrected chi connectivity index (χ2v) is 5.38. The number of ether oxygens (including phenoxy) is 2. The van der Waals surface area contributed by atoms with Crippen molar-refractivity contribution < 1.29 is 38.9 Å². The number of carbonyl (C=O) groups is 4. The molecule has 0 aromatic carbocycles. The molecule has 1 unspecified atom stereocenters.